The monoisotopic (exact) mass is 316 g/mol. The van der Waals surface area contributed by atoms with E-state index in [9.17, 15) is 13.2 Å². The van der Waals surface area contributed by atoms with Gasteiger partial charge in [0, 0.05) is 5.56 Å². The lowest BCUT2D eigenvalue weighted by atomic mass is 10.1. The van der Waals surface area contributed by atoms with Gasteiger partial charge in [0.15, 0.2) is 5.69 Å². The predicted octanol–water partition coefficient (Wildman–Crippen LogP) is 5.17. The van der Waals surface area contributed by atoms with Crippen molar-refractivity contribution in [3.8, 4) is 16.9 Å². The molecule has 0 spiro atoms. The van der Waals surface area contributed by atoms with E-state index in [-0.39, 0.29) is 0 Å². The van der Waals surface area contributed by atoms with E-state index in [0.717, 1.165) is 17.2 Å². The zero-order valence-electron chi connectivity index (χ0n) is 12.7. The lowest BCUT2D eigenvalue weighted by Crippen LogP contribution is -2.07. The van der Waals surface area contributed by atoms with Gasteiger partial charge in [0.25, 0.3) is 0 Å². The molecule has 0 aliphatic rings. The van der Waals surface area contributed by atoms with Crippen LogP contribution in [0.1, 0.15) is 16.8 Å². The molecule has 2 aromatic carbocycles. The Hall–Kier alpha value is -2.56. The first-order valence-corrected chi connectivity index (χ1v) is 7.16. The molecular formula is C18H15F3N2. The van der Waals surface area contributed by atoms with Crippen LogP contribution in [0.15, 0.2) is 54.6 Å². The van der Waals surface area contributed by atoms with Crippen molar-refractivity contribution in [2.75, 3.05) is 0 Å². The molecule has 3 rings (SSSR count). The van der Waals surface area contributed by atoms with Gasteiger partial charge in [0.1, 0.15) is 0 Å². The first-order valence-electron chi connectivity index (χ1n) is 7.16. The van der Waals surface area contributed by atoms with E-state index in [2.05, 4.69) is 5.10 Å². The molecule has 1 aromatic heterocycles. The van der Waals surface area contributed by atoms with E-state index >= 15 is 0 Å². The van der Waals surface area contributed by atoms with Gasteiger partial charge in [-0.05, 0) is 38.1 Å². The number of aryl methyl sites for hydroxylation is 2. The molecule has 0 N–H and O–H groups in total. The molecule has 0 bridgehead atoms. The molecule has 5 heteroatoms. The number of hydrogen-bond acceptors (Lipinski definition) is 1. The maximum atomic E-state index is 13.1. The van der Waals surface area contributed by atoms with Gasteiger partial charge in [-0.2, -0.15) is 18.3 Å². The highest BCUT2D eigenvalue weighted by Gasteiger charge is 2.35. The molecule has 0 radical (unpaired) electrons. The molecule has 0 unspecified atom stereocenters. The second kappa shape index (κ2) is 5.57. The van der Waals surface area contributed by atoms with Gasteiger partial charge >= 0.3 is 6.18 Å². The average Bonchev–Trinajstić information content (AvgIpc) is 2.93. The van der Waals surface area contributed by atoms with Crippen molar-refractivity contribution < 1.29 is 13.2 Å². The highest BCUT2D eigenvalue weighted by Crippen LogP contribution is 2.33. The zero-order valence-corrected chi connectivity index (χ0v) is 12.7. The fourth-order valence-electron chi connectivity index (χ4n) is 2.41. The first kappa shape index (κ1) is 15.3. The largest absolute Gasteiger partial charge is 0.435 e. The number of alkyl halides is 3. The Bertz CT molecular complexity index is 830. The highest BCUT2D eigenvalue weighted by atomic mass is 19.4. The highest BCUT2D eigenvalue weighted by molar-refractivity contribution is 5.63. The van der Waals surface area contributed by atoms with Crippen molar-refractivity contribution in [3.05, 3.63) is 71.4 Å². The smallest absolute Gasteiger partial charge is 0.233 e. The van der Waals surface area contributed by atoms with Crippen LogP contribution in [0.4, 0.5) is 13.2 Å². The lowest BCUT2D eigenvalue weighted by Gasteiger charge is -2.08. The Labute approximate surface area is 132 Å². The molecule has 0 fully saturated rings. The lowest BCUT2D eigenvalue weighted by molar-refractivity contribution is -0.141. The van der Waals surface area contributed by atoms with Gasteiger partial charge in [-0.1, -0.05) is 41.5 Å². The van der Waals surface area contributed by atoms with Crippen LogP contribution in [0, 0.1) is 13.8 Å². The summed E-state index contributed by atoms with van der Waals surface area (Å²) in [6, 6.07) is 15.7. The summed E-state index contributed by atoms with van der Waals surface area (Å²) in [7, 11) is 0. The number of hydrogen-bond donors (Lipinski definition) is 0. The third-order valence-electron chi connectivity index (χ3n) is 3.59. The van der Waals surface area contributed by atoms with Crippen LogP contribution in [0.5, 0.6) is 0 Å². The van der Waals surface area contributed by atoms with E-state index < -0.39 is 11.9 Å². The molecule has 23 heavy (non-hydrogen) atoms. The molecule has 2 nitrogen and oxygen atoms in total. The standard InChI is InChI=1S/C18H15F3N2/c1-12-6-8-15(9-7-12)23-16(11-17(22-23)18(19,20)21)14-5-3-4-13(2)10-14/h3-11H,1-2H3. The summed E-state index contributed by atoms with van der Waals surface area (Å²) < 4.78 is 40.6. The average molecular weight is 316 g/mol. The van der Waals surface area contributed by atoms with Crippen LogP contribution in [0.3, 0.4) is 0 Å². The van der Waals surface area contributed by atoms with Crippen LogP contribution in [-0.4, -0.2) is 9.78 Å². The van der Waals surface area contributed by atoms with Crippen molar-refractivity contribution in [1.82, 2.24) is 9.78 Å². The van der Waals surface area contributed by atoms with Gasteiger partial charge in [-0.15, -0.1) is 0 Å². The predicted molar refractivity (Wildman–Crippen MR) is 83.5 cm³/mol. The van der Waals surface area contributed by atoms with Gasteiger partial charge in [0.05, 0.1) is 11.4 Å². The van der Waals surface area contributed by atoms with Crippen LogP contribution in [-0.2, 0) is 6.18 Å². The molecule has 0 aliphatic carbocycles. The van der Waals surface area contributed by atoms with E-state index in [4.69, 9.17) is 0 Å². The third kappa shape index (κ3) is 3.13. The zero-order chi connectivity index (χ0) is 16.6. The minimum Gasteiger partial charge on any atom is -0.233 e. The Kier molecular flexibility index (Phi) is 3.72. The minimum absolute atomic E-state index is 0.421. The number of aromatic nitrogens is 2. The first-order chi connectivity index (χ1) is 10.8. The topological polar surface area (TPSA) is 17.8 Å². The molecule has 0 amide bonds. The van der Waals surface area contributed by atoms with Gasteiger partial charge in [-0.3, -0.25) is 0 Å². The van der Waals surface area contributed by atoms with E-state index in [0.29, 0.717) is 16.9 Å². The molecule has 118 valence electrons. The van der Waals surface area contributed by atoms with Crippen LogP contribution in [0.2, 0.25) is 0 Å². The number of nitrogens with zero attached hydrogens (tertiary/aromatic N) is 2. The van der Waals surface area contributed by atoms with Crippen LogP contribution in [0.25, 0.3) is 16.9 Å². The molecule has 1 heterocycles. The Morgan fingerprint density at radius 1 is 0.870 bits per heavy atom. The summed E-state index contributed by atoms with van der Waals surface area (Å²) in [5, 5.41) is 3.78. The van der Waals surface area contributed by atoms with Crippen molar-refractivity contribution in [2.45, 2.75) is 20.0 Å². The van der Waals surface area contributed by atoms with E-state index in [1.807, 2.05) is 44.2 Å². The van der Waals surface area contributed by atoms with Crippen molar-refractivity contribution in [1.29, 1.82) is 0 Å². The van der Waals surface area contributed by atoms with Crippen molar-refractivity contribution in [3.63, 3.8) is 0 Å². The SMILES string of the molecule is Cc1ccc(-n2nc(C(F)(F)F)cc2-c2cccc(C)c2)cc1. The van der Waals surface area contributed by atoms with Crippen LogP contribution >= 0.6 is 0 Å². The van der Waals surface area contributed by atoms with E-state index in [1.165, 1.54) is 4.68 Å². The Morgan fingerprint density at radius 3 is 2.17 bits per heavy atom. The molecule has 3 aromatic rings. The van der Waals surface area contributed by atoms with Gasteiger partial charge in [0.2, 0.25) is 0 Å². The molecule has 0 aliphatic heterocycles. The van der Waals surface area contributed by atoms with Gasteiger partial charge in [-0.25, -0.2) is 4.68 Å². The molecule has 0 saturated carbocycles. The molecule has 0 saturated heterocycles. The van der Waals surface area contributed by atoms with Gasteiger partial charge < -0.3 is 0 Å². The molecular weight excluding hydrogens is 301 g/mol. The number of halogens is 3. The molecule has 0 atom stereocenters. The summed E-state index contributed by atoms with van der Waals surface area (Å²) in [4.78, 5) is 0. The maximum absolute atomic E-state index is 13.1. The van der Waals surface area contributed by atoms with Crippen molar-refractivity contribution >= 4 is 0 Å². The van der Waals surface area contributed by atoms with E-state index in [1.54, 1.807) is 18.2 Å². The second-order valence-corrected chi connectivity index (χ2v) is 5.53. The summed E-state index contributed by atoms with van der Waals surface area (Å²) in [6.07, 6.45) is -4.48. The van der Waals surface area contributed by atoms with Crippen molar-refractivity contribution in [2.24, 2.45) is 0 Å². The Balaban J connectivity index is 2.21. The number of benzene rings is 2. The summed E-state index contributed by atoms with van der Waals surface area (Å²) in [6.45, 7) is 3.83. The summed E-state index contributed by atoms with van der Waals surface area (Å²) in [5.74, 6) is 0. The fourth-order valence-corrected chi connectivity index (χ4v) is 2.41. The normalized spacial score (nSPS) is 11.7. The third-order valence-corrected chi connectivity index (χ3v) is 3.59. The summed E-state index contributed by atoms with van der Waals surface area (Å²) >= 11 is 0. The fraction of sp³-hybridized carbons (Fsp3) is 0.167. The van der Waals surface area contributed by atoms with Crippen LogP contribution < -0.4 is 0 Å². The minimum atomic E-state index is -4.48. The Morgan fingerprint density at radius 2 is 1.57 bits per heavy atom. The number of rotatable bonds is 2. The maximum Gasteiger partial charge on any atom is 0.435 e. The quantitative estimate of drug-likeness (QED) is 0.637. The summed E-state index contributed by atoms with van der Waals surface area (Å²) in [5.41, 5.74) is 2.84. The second-order valence-electron chi connectivity index (χ2n) is 5.53.